The molecule has 0 saturated carbocycles. The Morgan fingerprint density at radius 2 is 1.43 bits per heavy atom. The fourth-order valence-corrected chi connectivity index (χ4v) is 0.718. The number of rotatable bonds is 4. The molecule has 0 aliphatic rings. The van der Waals surface area contributed by atoms with Gasteiger partial charge in [-0.1, -0.05) is 0 Å². The standard InChI is InChI=1S/C4H2F6O3S/c5-2(6,1-11)3(7,8)4(9,10)14(12)13/h1H,(H,12,13)/p-1. The van der Waals surface area contributed by atoms with Gasteiger partial charge in [-0.15, -0.1) is 0 Å². The Morgan fingerprint density at radius 1 is 1.07 bits per heavy atom. The number of hydrogen-bond donors (Lipinski definition) is 0. The number of carbonyl (C=O) groups is 1. The Labute approximate surface area is 75.4 Å². The second-order valence-electron chi connectivity index (χ2n) is 2.07. The fourth-order valence-electron chi connectivity index (χ4n) is 0.373. The highest BCUT2D eigenvalue weighted by atomic mass is 32.2. The SMILES string of the molecule is O=CC(F)(F)C(F)(F)C(F)(F)S(=O)[O-]. The minimum Gasteiger partial charge on any atom is -0.768 e. The summed E-state index contributed by atoms with van der Waals surface area (Å²) in [5.74, 6) is -12.0. The maximum absolute atomic E-state index is 12.1. The molecule has 0 fully saturated rings. The molecule has 0 saturated heterocycles. The van der Waals surface area contributed by atoms with Crippen LogP contribution in [0.1, 0.15) is 0 Å². The summed E-state index contributed by atoms with van der Waals surface area (Å²) in [7, 11) is 0. The zero-order valence-electron chi connectivity index (χ0n) is 5.98. The van der Waals surface area contributed by atoms with E-state index in [2.05, 4.69) is 0 Å². The molecule has 10 heteroatoms. The van der Waals surface area contributed by atoms with Crippen LogP contribution in [0.2, 0.25) is 0 Å². The summed E-state index contributed by atoms with van der Waals surface area (Å²) in [6, 6.07) is 0. The highest BCUT2D eigenvalue weighted by Gasteiger charge is 2.72. The number of alkyl halides is 6. The lowest BCUT2D eigenvalue weighted by atomic mass is 10.2. The number of halogens is 6. The molecule has 0 N–H and O–H groups in total. The highest BCUT2D eigenvalue weighted by Crippen LogP contribution is 2.45. The molecule has 0 rings (SSSR count). The largest absolute Gasteiger partial charge is 0.768 e. The van der Waals surface area contributed by atoms with Crippen LogP contribution in [0, 0.1) is 0 Å². The van der Waals surface area contributed by atoms with E-state index in [1.165, 1.54) is 0 Å². The van der Waals surface area contributed by atoms with Crippen molar-refractivity contribution in [2.24, 2.45) is 0 Å². The van der Waals surface area contributed by atoms with E-state index < -0.39 is 34.5 Å². The van der Waals surface area contributed by atoms with E-state index in [-0.39, 0.29) is 0 Å². The first-order valence-corrected chi connectivity index (χ1v) is 3.77. The summed E-state index contributed by atoms with van der Waals surface area (Å²) in [6.07, 6.45) is -1.74. The van der Waals surface area contributed by atoms with Crippen LogP contribution in [0.25, 0.3) is 0 Å². The van der Waals surface area contributed by atoms with Gasteiger partial charge in [0.1, 0.15) is 0 Å². The molecule has 0 bridgehead atoms. The number of aldehydes is 1. The van der Waals surface area contributed by atoms with Gasteiger partial charge < -0.3 is 4.55 Å². The van der Waals surface area contributed by atoms with Gasteiger partial charge in [-0.2, -0.15) is 26.3 Å². The molecular weight excluding hydrogens is 242 g/mol. The van der Waals surface area contributed by atoms with Gasteiger partial charge in [0, 0.05) is 11.1 Å². The van der Waals surface area contributed by atoms with E-state index in [4.69, 9.17) is 0 Å². The van der Waals surface area contributed by atoms with Crippen LogP contribution in [-0.4, -0.2) is 32.1 Å². The molecule has 14 heavy (non-hydrogen) atoms. The average molecular weight is 243 g/mol. The van der Waals surface area contributed by atoms with E-state index in [9.17, 15) is 39.9 Å². The van der Waals surface area contributed by atoms with Gasteiger partial charge in [0.25, 0.3) is 0 Å². The second-order valence-corrected chi connectivity index (χ2v) is 3.05. The van der Waals surface area contributed by atoms with Crippen molar-refractivity contribution in [3.63, 3.8) is 0 Å². The summed E-state index contributed by atoms with van der Waals surface area (Å²) in [4.78, 5) is 9.38. The lowest BCUT2D eigenvalue weighted by Crippen LogP contribution is -2.56. The number of hydrogen-bond acceptors (Lipinski definition) is 3. The first-order chi connectivity index (χ1) is 6.00. The smallest absolute Gasteiger partial charge is 0.390 e. The van der Waals surface area contributed by atoms with Crippen LogP contribution in [0.4, 0.5) is 26.3 Å². The van der Waals surface area contributed by atoms with Crippen molar-refractivity contribution >= 4 is 17.4 Å². The van der Waals surface area contributed by atoms with Crippen LogP contribution >= 0.6 is 0 Å². The monoisotopic (exact) mass is 243 g/mol. The van der Waals surface area contributed by atoms with E-state index in [0.29, 0.717) is 0 Å². The normalized spacial score (nSPS) is 16.5. The van der Waals surface area contributed by atoms with Crippen molar-refractivity contribution in [3.8, 4) is 0 Å². The van der Waals surface area contributed by atoms with E-state index in [0.717, 1.165) is 0 Å². The van der Waals surface area contributed by atoms with Gasteiger partial charge in [-0.25, -0.2) is 0 Å². The molecule has 0 amide bonds. The van der Waals surface area contributed by atoms with E-state index >= 15 is 0 Å². The molecule has 0 heterocycles. The van der Waals surface area contributed by atoms with Crippen molar-refractivity contribution in [2.45, 2.75) is 17.1 Å². The topological polar surface area (TPSA) is 57.2 Å². The third kappa shape index (κ3) is 1.75. The predicted octanol–water partition coefficient (Wildman–Crippen LogP) is 0.928. The van der Waals surface area contributed by atoms with Crippen molar-refractivity contribution < 1.29 is 39.9 Å². The van der Waals surface area contributed by atoms with Crippen LogP contribution in [0.5, 0.6) is 0 Å². The zero-order chi connectivity index (χ0) is 11.8. The van der Waals surface area contributed by atoms with E-state index in [1.807, 2.05) is 0 Å². The molecule has 1 unspecified atom stereocenters. The van der Waals surface area contributed by atoms with Crippen LogP contribution in [0.15, 0.2) is 0 Å². The molecule has 84 valence electrons. The lowest BCUT2D eigenvalue weighted by Gasteiger charge is -2.30. The Kier molecular flexibility index (Phi) is 3.34. The van der Waals surface area contributed by atoms with Gasteiger partial charge in [-0.05, 0) is 0 Å². The Bertz CT molecular complexity index is 264. The molecule has 0 aromatic heterocycles. The van der Waals surface area contributed by atoms with Gasteiger partial charge >= 0.3 is 17.1 Å². The van der Waals surface area contributed by atoms with Crippen molar-refractivity contribution in [3.05, 3.63) is 0 Å². The Hall–Kier alpha value is -0.640. The molecular formula is C4HF6O3S-. The van der Waals surface area contributed by atoms with Crippen LogP contribution < -0.4 is 0 Å². The number of carbonyl (C=O) groups excluding carboxylic acids is 1. The molecule has 0 aliphatic carbocycles. The average Bonchev–Trinajstić information content (AvgIpc) is 2.03. The Balaban J connectivity index is 5.35. The van der Waals surface area contributed by atoms with E-state index in [1.54, 1.807) is 0 Å². The predicted molar refractivity (Wildman–Crippen MR) is 29.8 cm³/mol. The van der Waals surface area contributed by atoms with Crippen molar-refractivity contribution in [2.75, 3.05) is 0 Å². The van der Waals surface area contributed by atoms with Gasteiger partial charge in [-0.3, -0.25) is 9.00 Å². The molecule has 0 aliphatic heterocycles. The maximum Gasteiger partial charge on any atom is 0.390 e. The van der Waals surface area contributed by atoms with Crippen LogP contribution in [0.3, 0.4) is 0 Å². The lowest BCUT2D eigenvalue weighted by molar-refractivity contribution is -0.262. The third-order valence-corrected chi connectivity index (χ3v) is 1.82. The minimum absolute atomic E-state index is 1.74. The Morgan fingerprint density at radius 3 is 1.64 bits per heavy atom. The van der Waals surface area contributed by atoms with Gasteiger partial charge in [0.15, 0.2) is 6.29 Å². The molecule has 0 aromatic rings. The van der Waals surface area contributed by atoms with Crippen molar-refractivity contribution in [1.29, 1.82) is 0 Å². The first-order valence-electron chi connectivity index (χ1n) is 2.70. The maximum atomic E-state index is 12.1. The summed E-state index contributed by atoms with van der Waals surface area (Å²) in [6.45, 7) is 0. The molecule has 0 radical (unpaired) electrons. The second kappa shape index (κ2) is 3.50. The zero-order valence-corrected chi connectivity index (χ0v) is 6.79. The highest BCUT2D eigenvalue weighted by molar-refractivity contribution is 7.80. The fraction of sp³-hybridized carbons (Fsp3) is 0.750. The van der Waals surface area contributed by atoms with Gasteiger partial charge in [0.2, 0.25) is 0 Å². The van der Waals surface area contributed by atoms with Crippen LogP contribution in [-0.2, 0) is 15.9 Å². The first kappa shape index (κ1) is 13.4. The molecule has 0 spiro atoms. The minimum atomic E-state index is -6.28. The molecule has 1 atom stereocenters. The summed E-state index contributed by atoms with van der Waals surface area (Å²) in [5, 5.41) is -6.02. The quantitative estimate of drug-likeness (QED) is 0.419. The summed E-state index contributed by atoms with van der Waals surface area (Å²) >= 11 is -4.77. The third-order valence-electron chi connectivity index (χ3n) is 1.14. The van der Waals surface area contributed by atoms with Crippen molar-refractivity contribution in [1.82, 2.24) is 0 Å². The molecule has 3 nitrogen and oxygen atoms in total. The van der Waals surface area contributed by atoms with Gasteiger partial charge in [0.05, 0.1) is 0 Å². The summed E-state index contributed by atoms with van der Waals surface area (Å²) < 4.78 is 91.2. The summed E-state index contributed by atoms with van der Waals surface area (Å²) in [5.41, 5.74) is 0. The molecule has 0 aromatic carbocycles.